The molecule has 0 bridgehead atoms. The lowest BCUT2D eigenvalue weighted by molar-refractivity contribution is 0.385. The standard InChI is InChI=1S/C16H20N2O2/c1-5-6-13-14(19-3)9-12(10-15(13)20-4)16-17-8-7-11(2)18-16/h7-10H,5-6H2,1-4H3. The molecule has 0 aliphatic rings. The summed E-state index contributed by atoms with van der Waals surface area (Å²) in [4.78, 5) is 8.76. The Bertz CT molecular complexity index is 572. The molecule has 1 aromatic carbocycles. The molecule has 0 radical (unpaired) electrons. The monoisotopic (exact) mass is 272 g/mol. The van der Waals surface area contributed by atoms with E-state index in [0.29, 0.717) is 5.82 Å². The van der Waals surface area contributed by atoms with E-state index in [-0.39, 0.29) is 0 Å². The molecule has 2 aromatic rings. The van der Waals surface area contributed by atoms with Gasteiger partial charge in [0.15, 0.2) is 5.82 Å². The topological polar surface area (TPSA) is 44.2 Å². The molecule has 0 aliphatic carbocycles. The van der Waals surface area contributed by atoms with E-state index < -0.39 is 0 Å². The number of benzene rings is 1. The lowest BCUT2D eigenvalue weighted by Crippen LogP contribution is -1.99. The SMILES string of the molecule is CCCc1c(OC)cc(-c2nccc(C)n2)cc1OC. The number of aromatic nitrogens is 2. The highest BCUT2D eigenvalue weighted by atomic mass is 16.5. The van der Waals surface area contributed by atoms with E-state index in [4.69, 9.17) is 9.47 Å². The Morgan fingerprint density at radius 2 is 1.75 bits per heavy atom. The highest BCUT2D eigenvalue weighted by molar-refractivity contribution is 5.64. The summed E-state index contributed by atoms with van der Waals surface area (Å²) in [6.07, 6.45) is 3.71. The van der Waals surface area contributed by atoms with Crippen molar-refractivity contribution in [3.8, 4) is 22.9 Å². The van der Waals surface area contributed by atoms with E-state index in [2.05, 4.69) is 16.9 Å². The van der Waals surface area contributed by atoms with E-state index in [1.807, 2.05) is 25.1 Å². The van der Waals surface area contributed by atoms with E-state index in [1.165, 1.54) is 0 Å². The van der Waals surface area contributed by atoms with Crippen LogP contribution in [0.3, 0.4) is 0 Å². The first-order chi connectivity index (χ1) is 9.69. The van der Waals surface area contributed by atoms with Gasteiger partial charge >= 0.3 is 0 Å². The van der Waals surface area contributed by atoms with E-state index in [1.54, 1.807) is 20.4 Å². The van der Waals surface area contributed by atoms with Crippen LogP contribution < -0.4 is 9.47 Å². The Balaban J connectivity index is 2.55. The van der Waals surface area contributed by atoms with Crippen molar-refractivity contribution in [2.75, 3.05) is 14.2 Å². The quantitative estimate of drug-likeness (QED) is 0.836. The molecular formula is C16H20N2O2. The van der Waals surface area contributed by atoms with Gasteiger partial charge in [-0.1, -0.05) is 13.3 Å². The molecule has 0 amide bonds. The van der Waals surface area contributed by atoms with E-state index >= 15 is 0 Å². The van der Waals surface area contributed by atoms with Crippen molar-refractivity contribution >= 4 is 0 Å². The second-order valence-corrected chi connectivity index (χ2v) is 4.63. The van der Waals surface area contributed by atoms with Gasteiger partial charge in [-0.05, 0) is 31.5 Å². The molecule has 4 heteroatoms. The first-order valence-corrected chi connectivity index (χ1v) is 6.74. The molecule has 1 aromatic heterocycles. The molecule has 106 valence electrons. The molecule has 0 fully saturated rings. The number of aryl methyl sites for hydroxylation is 1. The van der Waals surface area contributed by atoms with Gasteiger partial charge in [0, 0.05) is 23.0 Å². The summed E-state index contributed by atoms with van der Waals surface area (Å²) in [5.41, 5.74) is 2.93. The molecule has 4 nitrogen and oxygen atoms in total. The number of nitrogens with zero attached hydrogens (tertiary/aromatic N) is 2. The normalized spacial score (nSPS) is 10.4. The predicted octanol–water partition coefficient (Wildman–Crippen LogP) is 3.42. The van der Waals surface area contributed by atoms with E-state index in [0.717, 1.165) is 41.2 Å². The molecule has 0 unspecified atom stereocenters. The van der Waals surface area contributed by atoms with Crippen LogP contribution in [-0.4, -0.2) is 24.2 Å². The number of rotatable bonds is 5. The molecule has 0 saturated heterocycles. The summed E-state index contributed by atoms with van der Waals surface area (Å²) in [7, 11) is 3.35. The summed E-state index contributed by atoms with van der Waals surface area (Å²) in [6.45, 7) is 4.08. The van der Waals surface area contributed by atoms with Crippen LogP contribution in [0.5, 0.6) is 11.5 Å². The van der Waals surface area contributed by atoms with Gasteiger partial charge in [-0.3, -0.25) is 0 Å². The molecule has 2 rings (SSSR count). The minimum absolute atomic E-state index is 0.685. The van der Waals surface area contributed by atoms with Gasteiger partial charge in [-0.15, -0.1) is 0 Å². The molecule has 1 heterocycles. The zero-order valence-electron chi connectivity index (χ0n) is 12.4. The molecule has 0 N–H and O–H groups in total. The summed E-state index contributed by atoms with van der Waals surface area (Å²) in [6, 6.07) is 5.83. The van der Waals surface area contributed by atoms with Gasteiger partial charge in [-0.2, -0.15) is 0 Å². The zero-order valence-corrected chi connectivity index (χ0v) is 12.4. The first-order valence-electron chi connectivity index (χ1n) is 6.74. The third-order valence-corrected chi connectivity index (χ3v) is 3.16. The Morgan fingerprint density at radius 3 is 2.25 bits per heavy atom. The van der Waals surface area contributed by atoms with Crippen molar-refractivity contribution in [3.05, 3.63) is 35.7 Å². The lowest BCUT2D eigenvalue weighted by Gasteiger charge is -2.14. The van der Waals surface area contributed by atoms with Crippen LogP contribution in [-0.2, 0) is 6.42 Å². The van der Waals surface area contributed by atoms with Crippen molar-refractivity contribution in [1.82, 2.24) is 9.97 Å². The van der Waals surface area contributed by atoms with Gasteiger partial charge < -0.3 is 9.47 Å². The molecule has 0 saturated carbocycles. The first kappa shape index (κ1) is 14.3. The molecule has 0 atom stereocenters. The largest absolute Gasteiger partial charge is 0.496 e. The van der Waals surface area contributed by atoms with Crippen LogP contribution >= 0.6 is 0 Å². The smallest absolute Gasteiger partial charge is 0.159 e. The predicted molar refractivity (Wildman–Crippen MR) is 79.3 cm³/mol. The fraction of sp³-hybridized carbons (Fsp3) is 0.375. The van der Waals surface area contributed by atoms with Gasteiger partial charge in [0.25, 0.3) is 0 Å². The second kappa shape index (κ2) is 6.37. The summed E-state index contributed by atoms with van der Waals surface area (Å²) >= 11 is 0. The second-order valence-electron chi connectivity index (χ2n) is 4.63. The van der Waals surface area contributed by atoms with Crippen molar-refractivity contribution < 1.29 is 9.47 Å². The van der Waals surface area contributed by atoms with Crippen LogP contribution in [0.1, 0.15) is 24.6 Å². The van der Waals surface area contributed by atoms with Crippen molar-refractivity contribution in [2.24, 2.45) is 0 Å². The Kier molecular flexibility index (Phi) is 4.56. The summed E-state index contributed by atoms with van der Waals surface area (Å²) in [5.74, 6) is 2.34. The highest BCUT2D eigenvalue weighted by Gasteiger charge is 2.14. The molecule has 0 aliphatic heterocycles. The van der Waals surface area contributed by atoms with Crippen LogP contribution in [0.4, 0.5) is 0 Å². The maximum atomic E-state index is 5.50. The molecule has 20 heavy (non-hydrogen) atoms. The molecular weight excluding hydrogens is 252 g/mol. The van der Waals surface area contributed by atoms with Gasteiger partial charge in [-0.25, -0.2) is 9.97 Å². The third kappa shape index (κ3) is 2.90. The number of hydrogen-bond donors (Lipinski definition) is 0. The average molecular weight is 272 g/mol. The molecule has 0 spiro atoms. The fourth-order valence-corrected chi connectivity index (χ4v) is 2.20. The minimum atomic E-state index is 0.685. The Labute approximate surface area is 119 Å². The maximum Gasteiger partial charge on any atom is 0.159 e. The number of methoxy groups -OCH3 is 2. The van der Waals surface area contributed by atoms with Gasteiger partial charge in [0.1, 0.15) is 11.5 Å². The average Bonchev–Trinajstić information content (AvgIpc) is 2.47. The van der Waals surface area contributed by atoms with Crippen LogP contribution in [0.2, 0.25) is 0 Å². The van der Waals surface area contributed by atoms with Crippen LogP contribution in [0, 0.1) is 6.92 Å². The Morgan fingerprint density at radius 1 is 1.10 bits per heavy atom. The third-order valence-electron chi connectivity index (χ3n) is 3.16. The Hall–Kier alpha value is -2.10. The summed E-state index contributed by atoms with van der Waals surface area (Å²) in [5, 5.41) is 0. The van der Waals surface area contributed by atoms with Gasteiger partial charge in [0.05, 0.1) is 14.2 Å². The van der Waals surface area contributed by atoms with Crippen LogP contribution in [0.15, 0.2) is 24.4 Å². The zero-order chi connectivity index (χ0) is 14.5. The fourth-order valence-electron chi connectivity index (χ4n) is 2.20. The van der Waals surface area contributed by atoms with Gasteiger partial charge in [0.2, 0.25) is 0 Å². The number of ether oxygens (including phenoxy) is 2. The van der Waals surface area contributed by atoms with Crippen molar-refractivity contribution in [2.45, 2.75) is 26.7 Å². The lowest BCUT2D eigenvalue weighted by atomic mass is 10.0. The highest BCUT2D eigenvalue weighted by Crippen LogP contribution is 2.34. The van der Waals surface area contributed by atoms with Crippen molar-refractivity contribution in [1.29, 1.82) is 0 Å². The van der Waals surface area contributed by atoms with Crippen LogP contribution in [0.25, 0.3) is 11.4 Å². The summed E-state index contributed by atoms with van der Waals surface area (Å²) < 4.78 is 11.0. The maximum absolute atomic E-state index is 5.50. The number of hydrogen-bond acceptors (Lipinski definition) is 4. The van der Waals surface area contributed by atoms with E-state index in [9.17, 15) is 0 Å². The van der Waals surface area contributed by atoms with Crippen molar-refractivity contribution in [3.63, 3.8) is 0 Å². The minimum Gasteiger partial charge on any atom is -0.496 e.